The average Bonchev–Trinajstić information content (AvgIpc) is 2.48. The second-order valence-corrected chi connectivity index (χ2v) is 6.97. The lowest BCUT2D eigenvalue weighted by molar-refractivity contribution is -0.0898. The van der Waals surface area contributed by atoms with E-state index in [9.17, 15) is 0 Å². The smallest absolute Gasteiger partial charge is 0.119 e. The highest BCUT2D eigenvalue weighted by atomic mass is 16.5. The van der Waals surface area contributed by atoms with Crippen molar-refractivity contribution in [1.82, 2.24) is 0 Å². The van der Waals surface area contributed by atoms with Crippen LogP contribution in [0.4, 0.5) is 0 Å². The van der Waals surface area contributed by atoms with Crippen LogP contribution in [0, 0.1) is 5.41 Å². The van der Waals surface area contributed by atoms with Crippen LogP contribution in [0.2, 0.25) is 0 Å². The van der Waals surface area contributed by atoms with Gasteiger partial charge >= 0.3 is 0 Å². The Morgan fingerprint density at radius 3 is 2.30 bits per heavy atom. The monoisotopic (exact) mass is 273 g/mol. The van der Waals surface area contributed by atoms with E-state index in [-0.39, 0.29) is 5.41 Å². The summed E-state index contributed by atoms with van der Waals surface area (Å²) in [5.74, 6) is 1.59. The average molecular weight is 273 g/mol. The van der Waals surface area contributed by atoms with Crippen molar-refractivity contribution < 1.29 is 4.74 Å². The van der Waals surface area contributed by atoms with Crippen molar-refractivity contribution >= 4 is 0 Å². The molecule has 2 N–H and O–H groups in total. The van der Waals surface area contributed by atoms with E-state index < -0.39 is 0 Å². The van der Waals surface area contributed by atoms with Gasteiger partial charge in [0.25, 0.3) is 0 Å². The molecule has 2 heteroatoms. The highest BCUT2D eigenvalue weighted by Crippen LogP contribution is 2.52. The molecule has 2 unspecified atom stereocenters. The lowest BCUT2D eigenvalue weighted by Gasteiger charge is -2.56. The second kappa shape index (κ2) is 5.40. The molecule has 2 aliphatic carbocycles. The van der Waals surface area contributed by atoms with Crippen molar-refractivity contribution in [3.05, 3.63) is 29.8 Å². The Morgan fingerprint density at radius 2 is 1.75 bits per heavy atom. The predicted octanol–water partition coefficient (Wildman–Crippen LogP) is 4.24. The highest BCUT2D eigenvalue weighted by Gasteiger charge is 2.54. The maximum atomic E-state index is 6.32. The summed E-state index contributed by atoms with van der Waals surface area (Å²) < 4.78 is 6.27. The van der Waals surface area contributed by atoms with Gasteiger partial charge in [-0.3, -0.25) is 0 Å². The second-order valence-electron chi connectivity index (χ2n) is 6.97. The third kappa shape index (κ3) is 2.35. The van der Waals surface area contributed by atoms with E-state index in [1.54, 1.807) is 0 Å². The maximum absolute atomic E-state index is 6.32. The van der Waals surface area contributed by atoms with Gasteiger partial charge in [0.15, 0.2) is 0 Å². The van der Waals surface area contributed by atoms with Gasteiger partial charge in [0.1, 0.15) is 11.9 Å². The minimum Gasteiger partial charge on any atom is -0.490 e. The fraction of sp³-hybridized carbons (Fsp3) is 0.667. The van der Waals surface area contributed by atoms with Gasteiger partial charge in [0, 0.05) is 17.9 Å². The first-order chi connectivity index (χ1) is 9.62. The Kier molecular flexibility index (Phi) is 3.76. The first kappa shape index (κ1) is 13.9. The Balaban J connectivity index is 1.68. The molecule has 0 aliphatic heterocycles. The van der Waals surface area contributed by atoms with E-state index in [0.29, 0.717) is 18.1 Å². The number of nitrogens with two attached hydrogens (primary N) is 1. The molecule has 0 bridgehead atoms. The van der Waals surface area contributed by atoms with Gasteiger partial charge in [-0.15, -0.1) is 0 Å². The van der Waals surface area contributed by atoms with Crippen LogP contribution in [0.5, 0.6) is 5.75 Å². The third-order valence-corrected chi connectivity index (χ3v) is 5.46. The molecule has 1 aromatic rings. The van der Waals surface area contributed by atoms with E-state index in [2.05, 4.69) is 38.1 Å². The minimum atomic E-state index is 0.273. The molecule has 1 spiro atoms. The molecule has 2 nitrogen and oxygen atoms in total. The number of ether oxygens (including phenoxy) is 1. The molecular weight excluding hydrogens is 246 g/mol. The SMILES string of the molecule is CC(C)c1ccc(OC2CC(N)C23CCCCC3)cc1. The highest BCUT2D eigenvalue weighted by molar-refractivity contribution is 5.29. The van der Waals surface area contributed by atoms with Crippen molar-refractivity contribution in [1.29, 1.82) is 0 Å². The van der Waals surface area contributed by atoms with Gasteiger partial charge in [0.2, 0.25) is 0 Å². The van der Waals surface area contributed by atoms with Crippen LogP contribution in [0.3, 0.4) is 0 Å². The summed E-state index contributed by atoms with van der Waals surface area (Å²) in [5, 5.41) is 0. The number of rotatable bonds is 3. The molecule has 0 saturated heterocycles. The molecule has 0 amide bonds. The van der Waals surface area contributed by atoms with Gasteiger partial charge in [-0.05, 0) is 36.5 Å². The fourth-order valence-electron chi connectivity index (χ4n) is 3.94. The third-order valence-electron chi connectivity index (χ3n) is 5.46. The quantitative estimate of drug-likeness (QED) is 0.894. The zero-order chi connectivity index (χ0) is 14.2. The van der Waals surface area contributed by atoms with Gasteiger partial charge in [0.05, 0.1) is 0 Å². The van der Waals surface area contributed by atoms with Crippen LogP contribution in [-0.4, -0.2) is 12.1 Å². The van der Waals surface area contributed by atoms with Crippen molar-refractivity contribution in [3.63, 3.8) is 0 Å². The minimum absolute atomic E-state index is 0.273. The summed E-state index contributed by atoms with van der Waals surface area (Å²) in [6.45, 7) is 4.44. The molecule has 0 heterocycles. The molecule has 2 fully saturated rings. The van der Waals surface area contributed by atoms with Crippen LogP contribution < -0.4 is 10.5 Å². The predicted molar refractivity (Wildman–Crippen MR) is 83.1 cm³/mol. The molecule has 2 atom stereocenters. The zero-order valence-corrected chi connectivity index (χ0v) is 12.8. The summed E-state index contributed by atoms with van der Waals surface area (Å²) in [5.41, 5.74) is 7.96. The van der Waals surface area contributed by atoms with Crippen molar-refractivity contribution in [2.45, 2.75) is 70.4 Å². The van der Waals surface area contributed by atoms with E-state index in [4.69, 9.17) is 10.5 Å². The molecule has 0 aromatic heterocycles. The summed E-state index contributed by atoms with van der Waals surface area (Å²) in [6.07, 6.45) is 7.87. The van der Waals surface area contributed by atoms with Gasteiger partial charge < -0.3 is 10.5 Å². The lowest BCUT2D eigenvalue weighted by atomic mass is 9.55. The van der Waals surface area contributed by atoms with Gasteiger partial charge in [-0.25, -0.2) is 0 Å². The Bertz CT molecular complexity index is 445. The van der Waals surface area contributed by atoms with Gasteiger partial charge in [-0.2, -0.15) is 0 Å². The number of hydrogen-bond acceptors (Lipinski definition) is 2. The van der Waals surface area contributed by atoms with Crippen molar-refractivity contribution in [2.75, 3.05) is 0 Å². The Morgan fingerprint density at radius 1 is 1.10 bits per heavy atom. The molecular formula is C18H27NO. The first-order valence-corrected chi connectivity index (χ1v) is 8.14. The molecule has 3 rings (SSSR count). The molecule has 20 heavy (non-hydrogen) atoms. The van der Waals surface area contributed by atoms with Crippen molar-refractivity contribution in [3.8, 4) is 5.75 Å². The van der Waals surface area contributed by atoms with E-state index in [0.717, 1.165) is 12.2 Å². The normalized spacial score (nSPS) is 28.4. The Labute approximate surface area is 122 Å². The summed E-state index contributed by atoms with van der Waals surface area (Å²) in [6, 6.07) is 8.96. The standard InChI is InChI=1S/C18H27NO/c1-13(2)14-6-8-15(9-7-14)20-17-12-16(19)18(17)10-4-3-5-11-18/h6-9,13,16-17H,3-5,10-12,19H2,1-2H3. The Hall–Kier alpha value is -1.02. The number of benzene rings is 1. The van der Waals surface area contributed by atoms with Crippen LogP contribution >= 0.6 is 0 Å². The van der Waals surface area contributed by atoms with Crippen molar-refractivity contribution in [2.24, 2.45) is 11.1 Å². The lowest BCUT2D eigenvalue weighted by Crippen LogP contribution is -2.64. The van der Waals surface area contributed by atoms with Gasteiger partial charge in [-0.1, -0.05) is 45.2 Å². The summed E-state index contributed by atoms with van der Waals surface area (Å²) in [7, 11) is 0. The largest absolute Gasteiger partial charge is 0.490 e. The molecule has 2 saturated carbocycles. The maximum Gasteiger partial charge on any atom is 0.119 e. The van der Waals surface area contributed by atoms with E-state index >= 15 is 0 Å². The number of hydrogen-bond donors (Lipinski definition) is 1. The molecule has 0 radical (unpaired) electrons. The van der Waals surface area contributed by atoms with Crippen LogP contribution in [-0.2, 0) is 0 Å². The fourth-order valence-corrected chi connectivity index (χ4v) is 3.94. The molecule has 110 valence electrons. The van der Waals surface area contributed by atoms with Crippen LogP contribution in [0.1, 0.15) is 63.9 Å². The molecule has 2 aliphatic rings. The van der Waals surface area contributed by atoms with Crippen LogP contribution in [0.15, 0.2) is 24.3 Å². The summed E-state index contributed by atoms with van der Waals surface area (Å²) in [4.78, 5) is 0. The zero-order valence-electron chi connectivity index (χ0n) is 12.8. The summed E-state index contributed by atoms with van der Waals surface area (Å²) >= 11 is 0. The van der Waals surface area contributed by atoms with E-state index in [1.807, 2.05) is 0 Å². The molecule has 1 aromatic carbocycles. The topological polar surface area (TPSA) is 35.2 Å². The van der Waals surface area contributed by atoms with Crippen LogP contribution in [0.25, 0.3) is 0 Å². The first-order valence-electron chi connectivity index (χ1n) is 8.14. The van der Waals surface area contributed by atoms with E-state index in [1.165, 1.54) is 37.7 Å².